The van der Waals surface area contributed by atoms with Crippen LogP contribution in [0.2, 0.25) is 0 Å². The van der Waals surface area contributed by atoms with Crippen LogP contribution in [0.15, 0.2) is 18.2 Å². The minimum Gasteiger partial charge on any atom is -0.481 e. The molecule has 1 aromatic rings. The first kappa shape index (κ1) is 12.7. The van der Waals surface area contributed by atoms with Crippen molar-refractivity contribution in [3.8, 4) is 0 Å². The minimum atomic E-state index is -0.627. The molecule has 0 spiro atoms. The molecular formula is C17H22O2. The van der Waals surface area contributed by atoms with Gasteiger partial charge in [-0.2, -0.15) is 0 Å². The van der Waals surface area contributed by atoms with E-state index in [0.29, 0.717) is 5.92 Å². The number of hydrogen-bond acceptors (Lipinski definition) is 1. The molecule has 1 fully saturated rings. The zero-order valence-corrected chi connectivity index (χ0v) is 11.6. The van der Waals surface area contributed by atoms with Gasteiger partial charge >= 0.3 is 5.97 Å². The van der Waals surface area contributed by atoms with Crippen molar-refractivity contribution >= 4 is 5.97 Å². The average molecular weight is 258 g/mol. The van der Waals surface area contributed by atoms with Crippen LogP contribution in [0.1, 0.15) is 55.7 Å². The molecule has 102 valence electrons. The first-order chi connectivity index (χ1) is 9.12. The topological polar surface area (TPSA) is 37.3 Å². The summed E-state index contributed by atoms with van der Waals surface area (Å²) in [5.74, 6) is 0.0792. The Bertz CT molecular complexity index is 498. The summed E-state index contributed by atoms with van der Waals surface area (Å²) in [6.07, 6.45) is 7.12. The van der Waals surface area contributed by atoms with E-state index in [1.165, 1.54) is 17.5 Å². The van der Waals surface area contributed by atoms with E-state index in [0.717, 1.165) is 44.1 Å². The van der Waals surface area contributed by atoms with E-state index in [1.807, 2.05) is 0 Å². The van der Waals surface area contributed by atoms with E-state index in [1.54, 1.807) is 0 Å². The van der Waals surface area contributed by atoms with Crippen LogP contribution in [-0.2, 0) is 23.1 Å². The third-order valence-corrected chi connectivity index (χ3v) is 5.01. The number of carbonyl (C=O) groups is 1. The van der Waals surface area contributed by atoms with Gasteiger partial charge in [-0.3, -0.25) is 4.79 Å². The molecule has 1 atom stereocenters. The highest BCUT2D eigenvalue weighted by Crippen LogP contribution is 2.41. The second-order valence-corrected chi connectivity index (χ2v) is 6.44. The summed E-state index contributed by atoms with van der Waals surface area (Å²) in [6.45, 7) is 2.27. The Kier molecular flexibility index (Phi) is 3.12. The van der Waals surface area contributed by atoms with Gasteiger partial charge in [0.05, 0.1) is 5.41 Å². The van der Waals surface area contributed by atoms with Crippen molar-refractivity contribution in [2.45, 2.75) is 57.3 Å². The van der Waals surface area contributed by atoms with E-state index in [2.05, 4.69) is 25.1 Å². The Morgan fingerprint density at radius 3 is 2.53 bits per heavy atom. The van der Waals surface area contributed by atoms with E-state index < -0.39 is 11.4 Å². The van der Waals surface area contributed by atoms with Gasteiger partial charge < -0.3 is 5.11 Å². The first-order valence-electron chi connectivity index (χ1n) is 7.47. The van der Waals surface area contributed by atoms with Crippen molar-refractivity contribution in [1.29, 1.82) is 0 Å². The van der Waals surface area contributed by atoms with Crippen molar-refractivity contribution in [1.82, 2.24) is 0 Å². The molecule has 0 radical (unpaired) electrons. The van der Waals surface area contributed by atoms with Crippen molar-refractivity contribution in [3.63, 3.8) is 0 Å². The summed E-state index contributed by atoms with van der Waals surface area (Å²) in [7, 11) is 0. The van der Waals surface area contributed by atoms with Crippen LogP contribution in [0.3, 0.4) is 0 Å². The van der Waals surface area contributed by atoms with Gasteiger partial charge in [0.15, 0.2) is 0 Å². The summed E-state index contributed by atoms with van der Waals surface area (Å²) >= 11 is 0. The maximum atomic E-state index is 11.8. The lowest BCUT2D eigenvalue weighted by molar-refractivity contribution is -0.145. The minimum absolute atomic E-state index is 0.612. The van der Waals surface area contributed by atoms with Crippen LogP contribution in [-0.4, -0.2) is 11.1 Å². The lowest BCUT2D eigenvalue weighted by atomic mass is 9.69. The number of carboxylic acid groups (broad SMARTS) is 1. The second kappa shape index (κ2) is 4.66. The Labute approximate surface area is 114 Å². The molecule has 1 saturated carbocycles. The molecule has 2 nitrogen and oxygen atoms in total. The number of carboxylic acids is 1. The van der Waals surface area contributed by atoms with Gasteiger partial charge in [-0.1, -0.05) is 44.4 Å². The van der Waals surface area contributed by atoms with Crippen molar-refractivity contribution in [3.05, 3.63) is 34.9 Å². The number of rotatable bonds is 2. The summed E-state index contributed by atoms with van der Waals surface area (Å²) in [5.41, 5.74) is 3.25. The highest BCUT2D eigenvalue weighted by atomic mass is 16.4. The van der Waals surface area contributed by atoms with Crippen LogP contribution in [0.25, 0.3) is 0 Å². The Morgan fingerprint density at radius 2 is 1.84 bits per heavy atom. The molecule has 1 N–H and O–H groups in total. The van der Waals surface area contributed by atoms with Gasteiger partial charge in [0.2, 0.25) is 0 Å². The molecule has 2 aliphatic carbocycles. The van der Waals surface area contributed by atoms with Crippen LogP contribution >= 0.6 is 0 Å². The number of hydrogen-bond donors (Lipinski definition) is 1. The van der Waals surface area contributed by atoms with Crippen LogP contribution in [0, 0.1) is 5.92 Å². The lowest BCUT2D eigenvalue weighted by Gasteiger charge is -2.34. The molecule has 0 heterocycles. The summed E-state index contributed by atoms with van der Waals surface area (Å²) < 4.78 is 0. The number of fused-ring (bicyclic) bond motifs is 1. The van der Waals surface area contributed by atoms with Gasteiger partial charge in [-0.25, -0.2) is 0 Å². The molecule has 1 aromatic carbocycles. The zero-order chi connectivity index (χ0) is 13.5. The molecule has 0 saturated heterocycles. The maximum Gasteiger partial charge on any atom is 0.314 e. The molecule has 2 heteroatoms. The maximum absolute atomic E-state index is 11.8. The molecule has 0 amide bonds. The van der Waals surface area contributed by atoms with Crippen LogP contribution < -0.4 is 0 Å². The molecule has 0 aromatic heterocycles. The standard InChI is InChI=1S/C17H22O2/c1-12-9-13-5-6-15(11-14(13)10-12)17(16(18)19)7-3-2-4-8-17/h5-6,11-12H,2-4,7-10H2,1H3,(H,18,19). The Hall–Kier alpha value is -1.31. The summed E-state index contributed by atoms with van der Waals surface area (Å²) in [6, 6.07) is 6.45. The molecule has 0 bridgehead atoms. The monoisotopic (exact) mass is 258 g/mol. The number of aliphatic carboxylic acids is 1. The van der Waals surface area contributed by atoms with Crippen LogP contribution in [0.4, 0.5) is 0 Å². The molecule has 1 unspecified atom stereocenters. The predicted molar refractivity (Wildman–Crippen MR) is 75.4 cm³/mol. The normalized spacial score (nSPS) is 25.0. The molecule has 2 aliphatic rings. The van der Waals surface area contributed by atoms with Gasteiger partial charge in [-0.05, 0) is 48.3 Å². The van der Waals surface area contributed by atoms with Gasteiger partial charge in [-0.15, -0.1) is 0 Å². The highest BCUT2D eigenvalue weighted by molar-refractivity contribution is 5.81. The fourth-order valence-electron chi connectivity index (χ4n) is 3.92. The molecule has 19 heavy (non-hydrogen) atoms. The average Bonchev–Trinajstić information content (AvgIpc) is 2.78. The van der Waals surface area contributed by atoms with E-state index in [-0.39, 0.29) is 0 Å². The second-order valence-electron chi connectivity index (χ2n) is 6.44. The fraction of sp³-hybridized carbons (Fsp3) is 0.588. The smallest absolute Gasteiger partial charge is 0.314 e. The molecular weight excluding hydrogens is 236 g/mol. The fourth-order valence-corrected chi connectivity index (χ4v) is 3.92. The van der Waals surface area contributed by atoms with E-state index in [9.17, 15) is 9.90 Å². The summed E-state index contributed by atoms with van der Waals surface area (Å²) in [5, 5.41) is 9.74. The predicted octanol–water partition coefficient (Wildman–Crippen LogP) is 3.71. The van der Waals surface area contributed by atoms with Crippen LogP contribution in [0.5, 0.6) is 0 Å². The number of benzene rings is 1. The van der Waals surface area contributed by atoms with Gasteiger partial charge in [0.1, 0.15) is 0 Å². The van der Waals surface area contributed by atoms with Crippen molar-refractivity contribution in [2.75, 3.05) is 0 Å². The molecule has 3 rings (SSSR count). The third kappa shape index (κ3) is 2.07. The SMILES string of the molecule is CC1Cc2ccc(C3(C(=O)O)CCCCC3)cc2C1. The first-order valence-corrected chi connectivity index (χ1v) is 7.47. The quantitative estimate of drug-likeness (QED) is 0.878. The van der Waals surface area contributed by atoms with Crippen molar-refractivity contribution < 1.29 is 9.90 Å². The lowest BCUT2D eigenvalue weighted by Crippen LogP contribution is -2.37. The van der Waals surface area contributed by atoms with Gasteiger partial charge in [0.25, 0.3) is 0 Å². The van der Waals surface area contributed by atoms with E-state index in [4.69, 9.17) is 0 Å². The zero-order valence-electron chi connectivity index (χ0n) is 11.6. The molecule has 0 aliphatic heterocycles. The van der Waals surface area contributed by atoms with E-state index >= 15 is 0 Å². The Morgan fingerprint density at radius 1 is 1.16 bits per heavy atom. The van der Waals surface area contributed by atoms with Crippen molar-refractivity contribution in [2.24, 2.45) is 5.92 Å². The largest absolute Gasteiger partial charge is 0.481 e. The van der Waals surface area contributed by atoms with Gasteiger partial charge in [0, 0.05) is 0 Å². The highest BCUT2D eigenvalue weighted by Gasteiger charge is 2.41. The Balaban J connectivity index is 2.00. The third-order valence-electron chi connectivity index (χ3n) is 5.01. The summed E-state index contributed by atoms with van der Waals surface area (Å²) in [4.78, 5) is 11.8.